The zero-order chi connectivity index (χ0) is 14.0. The van der Waals surface area contributed by atoms with Crippen molar-refractivity contribution in [3.63, 3.8) is 0 Å². The van der Waals surface area contributed by atoms with Crippen LogP contribution in [0.25, 0.3) is 0 Å². The fraction of sp³-hybridized carbons (Fsp3) is 0.143. The first-order valence-corrected chi connectivity index (χ1v) is 6.40. The predicted octanol–water partition coefficient (Wildman–Crippen LogP) is 4.18. The summed E-state index contributed by atoms with van der Waals surface area (Å²) in [4.78, 5) is 0. The third-order valence-electron chi connectivity index (χ3n) is 2.85. The molecule has 0 aromatic heterocycles. The van der Waals surface area contributed by atoms with Crippen LogP contribution in [-0.4, -0.2) is 7.05 Å². The van der Waals surface area contributed by atoms with Gasteiger partial charge in [0, 0.05) is 0 Å². The molecule has 2 aromatic carbocycles. The van der Waals surface area contributed by atoms with Crippen molar-refractivity contribution >= 4 is 15.9 Å². The normalized spacial score (nSPS) is 12.5. The van der Waals surface area contributed by atoms with Crippen molar-refractivity contribution in [3.05, 3.63) is 69.4 Å². The third kappa shape index (κ3) is 2.82. The maximum Gasteiger partial charge on any atom is 0.173 e. The summed E-state index contributed by atoms with van der Waals surface area (Å²) in [5, 5.41) is 2.96. The van der Waals surface area contributed by atoms with Crippen molar-refractivity contribution in [1.29, 1.82) is 0 Å². The molecule has 0 aliphatic carbocycles. The number of benzene rings is 2. The summed E-state index contributed by atoms with van der Waals surface area (Å²) in [5.74, 6) is -2.25. The van der Waals surface area contributed by atoms with Gasteiger partial charge in [-0.2, -0.15) is 0 Å². The Kier molecular flexibility index (Phi) is 4.27. The highest BCUT2D eigenvalue weighted by Gasteiger charge is 2.19. The minimum Gasteiger partial charge on any atom is -0.309 e. The lowest BCUT2D eigenvalue weighted by atomic mass is 9.98. The molecule has 0 heterocycles. The molecule has 1 atom stereocenters. The largest absolute Gasteiger partial charge is 0.309 e. The smallest absolute Gasteiger partial charge is 0.173 e. The van der Waals surface area contributed by atoms with E-state index in [0.717, 1.165) is 6.07 Å². The topological polar surface area (TPSA) is 12.0 Å². The van der Waals surface area contributed by atoms with Crippen LogP contribution in [0.5, 0.6) is 0 Å². The molecule has 0 radical (unpaired) electrons. The molecule has 2 rings (SSSR count). The van der Waals surface area contributed by atoms with Gasteiger partial charge in [0.15, 0.2) is 11.6 Å². The van der Waals surface area contributed by atoms with Gasteiger partial charge in [0.05, 0.1) is 10.5 Å². The summed E-state index contributed by atoms with van der Waals surface area (Å²) in [6, 6.07) is 8.07. The molecule has 0 saturated heterocycles. The second-order valence-electron chi connectivity index (χ2n) is 4.04. The van der Waals surface area contributed by atoms with Gasteiger partial charge in [-0.15, -0.1) is 0 Å². The summed E-state index contributed by atoms with van der Waals surface area (Å²) in [5.41, 5.74) is 1.14. The maximum absolute atomic E-state index is 13.6. The van der Waals surface area contributed by atoms with Gasteiger partial charge >= 0.3 is 0 Å². The van der Waals surface area contributed by atoms with E-state index in [9.17, 15) is 13.2 Å². The molecule has 1 nitrogen and oxygen atoms in total. The van der Waals surface area contributed by atoms with Crippen LogP contribution in [0.1, 0.15) is 17.2 Å². The minimum absolute atomic E-state index is 0.0381. The van der Waals surface area contributed by atoms with Gasteiger partial charge in [0.2, 0.25) is 0 Å². The van der Waals surface area contributed by atoms with Crippen LogP contribution >= 0.6 is 15.9 Å². The van der Waals surface area contributed by atoms with E-state index in [4.69, 9.17) is 0 Å². The number of rotatable bonds is 3. The Labute approximate surface area is 117 Å². The van der Waals surface area contributed by atoms with Gasteiger partial charge in [-0.3, -0.25) is 0 Å². The lowest BCUT2D eigenvalue weighted by Gasteiger charge is -2.19. The highest BCUT2D eigenvalue weighted by molar-refractivity contribution is 9.10. The molecule has 19 heavy (non-hydrogen) atoms. The van der Waals surface area contributed by atoms with E-state index in [0.29, 0.717) is 11.1 Å². The van der Waals surface area contributed by atoms with Crippen LogP contribution in [0.15, 0.2) is 40.9 Å². The molecule has 5 heteroatoms. The van der Waals surface area contributed by atoms with Crippen LogP contribution in [0.3, 0.4) is 0 Å². The van der Waals surface area contributed by atoms with E-state index in [1.165, 1.54) is 18.2 Å². The molecule has 0 spiro atoms. The highest BCUT2D eigenvalue weighted by Crippen LogP contribution is 2.31. The van der Waals surface area contributed by atoms with Gasteiger partial charge in [-0.25, -0.2) is 13.2 Å². The first-order valence-electron chi connectivity index (χ1n) is 5.60. The van der Waals surface area contributed by atoms with Gasteiger partial charge in [-0.05, 0) is 52.3 Å². The van der Waals surface area contributed by atoms with Crippen LogP contribution in [-0.2, 0) is 0 Å². The SMILES string of the molecule is CNC(c1cccc(F)c1)c1ccc(F)c(F)c1Br. The first-order chi connectivity index (χ1) is 9.04. The van der Waals surface area contributed by atoms with Crippen molar-refractivity contribution < 1.29 is 13.2 Å². The molecule has 100 valence electrons. The van der Waals surface area contributed by atoms with E-state index < -0.39 is 17.7 Å². The Morgan fingerprint density at radius 3 is 2.47 bits per heavy atom. The lowest BCUT2D eigenvalue weighted by molar-refractivity contribution is 0.499. The Bertz CT molecular complexity index is 601. The highest BCUT2D eigenvalue weighted by atomic mass is 79.9. The zero-order valence-electron chi connectivity index (χ0n) is 10.1. The van der Waals surface area contributed by atoms with Gasteiger partial charge in [0.1, 0.15) is 5.82 Å². The maximum atomic E-state index is 13.6. The Hall–Kier alpha value is -1.33. The monoisotopic (exact) mass is 329 g/mol. The molecular formula is C14H11BrF3N. The molecule has 1 unspecified atom stereocenters. The van der Waals surface area contributed by atoms with Crippen LogP contribution in [0.2, 0.25) is 0 Å². The van der Waals surface area contributed by atoms with Gasteiger partial charge in [-0.1, -0.05) is 18.2 Å². The number of halogens is 4. The standard InChI is InChI=1S/C14H11BrF3N/c1-19-14(8-3-2-4-9(16)7-8)10-5-6-11(17)13(18)12(10)15/h2-7,14,19H,1H3. The zero-order valence-corrected chi connectivity index (χ0v) is 11.6. The molecule has 0 amide bonds. The van der Waals surface area contributed by atoms with Crippen molar-refractivity contribution in [2.24, 2.45) is 0 Å². The molecule has 0 fully saturated rings. The molecule has 0 bridgehead atoms. The summed E-state index contributed by atoms with van der Waals surface area (Å²) < 4.78 is 40.0. The lowest BCUT2D eigenvalue weighted by Crippen LogP contribution is -2.18. The van der Waals surface area contributed by atoms with Crippen LogP contribution in [0.4, 0.5) is 13.2 Å². The van der Waals surface area contributed by atoms with Crippen LogP contribution in [0, 0.1) is 17.5 Å². The van der Waals surface area contributed by atoms with Crippen molar-refractivity contribution in [2.45, 2.75) is 6.04 Å². The average molecular weight is 330 g/mol. The number of hydrogen-bond donors (Lipinski definition) is 1. The predicted molar refractivity (Wildman–Crippen MR) is 71.4 cm³/mol. The van der Waals surface area contributed by atoms with E-state index >= 15 is 0 Å². The second kappa shape index (κ2) is 5.75. The molecule has 0 aliphatic heterocycles. The number of nitrogens with one attached hydrogen (secondary N) is 1. The summed E-state index contributed by atoms with van der Waals surface area (Å²) in [6.07, 6.45) is 0. The minimum atomic E-state index is -0.950. The van der Waals surface area contributed by atoms with E-state index in [2.05, 4.69) is 21.2 Å². The van der Waals surface area contributed by atoms with E-state index in [1.54, 1.807) is 19.2 Å². The molecule has 1 N–H and O–H groups in total. The average Bonchev–Trinajstić information content (AvgIpc) is 2.40. The molecular weight excluding hydrogens is 319 g/mol. The van der Waals surface area contributed by atoms with Gasteiger partial charge in [0.25, 0.3) is 0 Å². The fourth-order valence-corrected chi connectivity index (χ4v) is 2.50. The van der Waals surface area contributed by atoms with Crippen molar-refractivity contribution in [1.82, 2.24) is 5.32 Å². The van der Waals surface area contributed by atoms with Gasteiger partial charge < -0.3 is 5.32 Å². The van der Waals surface area contributed by atoms with E-state index in [1.807, 2.05) is 0 Å². The number of hydrogen-bond acceptors (Lipinski definition) is 1. The Balaban J connectivity index is 2.51. The van der Waals surface area contributed by atoms with Crippen molar-refractivity contribution in [2.75, 3.05) is 7.05 Å². The van der Waals surface area contributed by atoms with Crippen LogP contribution < -0.4 is 5.32 Å². The summed E-state index contributed by atoms with van der Waals surface area (Å²) in [6.45, 7) is 0. The first kappa shape index (κ1) is 14.1. The summed E-state index contributed by atoms with van der Waals surface area (Å²) in [7, 11) is 1.67. The molecule has 0 aliphatic rings. The molecule has 2 aromatic rings. The molecule has 0 saturated carbocycles. The second-order valence-corrected chi connectivity index (χ2v) is 4.83. The van der Waals surface area contributed by atoms with E-state index in [-0.39, 0.29) is 10.3 Å². The Morgan fingerprint density at radius 1 is 1.11 bits per heavy atom. The fourth-order valence-electron chi connectivity index (χ4n) is 1.95. The third-order valence-corrected chi connectivity index (χ3v) is 3.65. The Morgan fingerprint density at radius 2 is 1.84 bits per heavy atom. The quantitative estimate of drug-likeness (QED) is 0.833. The summed E-state index contributed by atoms with van der Waals surface area (Å²) >= 11 is 3.04. The van der Waals surface area contributed by atoms with Crippen molar-refractivity contribution in [3.8, 4) is 0 Å².